The van der Waals surface area contributed by atoms with Crippen molar-refractivity contribution in [2.45, 2.75) is 64.1 Å². The highest BCUT2D eigenvalue weighted by molar-refractivity contribution is 6.01. The van der Waals surface area contributed by atoms with Gasteiger partial charge in [-0.1, -0.05) is 68.4 Å². The SMILES string of the molecule is CC(C)C[C@H]1NC(=O)C[C@@H](C(=O)NCCc2ccc(F)cc2)NC(=O)c2ccccc2OCCCNC(=O)[C@H](Cc2ccccc2)NC1=O. The molecule has 0 radical (unpaired) electrons. The molecule has 5 amide bonds. The fourth-order valence-corrected chi connectivity index (χ4v) is 5.39. The van der Waals surface area contributed by atoms with Crippen molar-refractivity contribution in [3.05, 3.63) is 101 Å². The van der Waals surface area contributed by atoms with Crippen LogP contribution in [0, 0.1) is 11.7 Å². The van der Waals surface area contributed by atoms with Crippen molar-refractivity contribution in [3.8, 4) is 5.75 Å². The second-order valence-corrected chi connectivity index (χ2v) is 12.4. The van der Waals surface area contributed by atoms with Crippen LogP contribution in [-0.4, -0.2) is 67.4 Å². The maximum Gasteiger partial charge on any atom is 0.255 e. The summed E-state index contributed by atoms with van der Waals surface area (Å²) in [5.74, 6) is -2.90. The molecule has 1 heterocycles. The Balaban J connectivity index is 1.58. The normalized spacial score (nSPS) is 19.6. The van der Waals surface area contributed by atoms with E-state index in [0.29, 0.717) is 12.8 Å². The standard InChI is InChI=1S/C37H44FN5O6/c1-24(2)21-29-37(48)43-30(22-26-9-4-3-5-10-26)35(46)39-18-8-20-49-32-12-7-6-11-28(32)34(45)42-31(23-33(44)41-29)36(47)40-19-17-25-13-15-27(38)16-14-25/h3-7,9-16,24,29-31H,8,17-23H2,1-2H3,(H,39,46)(H,40,47)(H,41,44)(H,42,45)(H,43,48)/t29-,30+,31+/m1/s1. The van der Waals surface area contributed by atoms with E-state index in [1.165, 1.54) is 12.1 Å². The topological polar surface area (TPSA) is 155 Å². The zero-order valence-corrected chi connectivity index (χ0v) is 27.8. The molecule has 1 aliphatic rings. The third kappa shape index (κ3) is 11.7. The number of nitrogens with one attached hydrogen (secondary N) is 5. The Morgan fingerprint density at radius 3 is 2.31 bits per heavy atom. The van der Waals surface area contributed by atoms with Gasteiger partial charge < -0.3 is 31.3 Å². The van der Waals surface area contributed by atoms with Gasteiger partial charge in [0.1, 0.15) is 29.7 Å². The number of amides is 5. The monoisotopic (exact) mass is 673 g/mol. The van der Waals surface area contributed by atoms with Gasteiger partial charge in [0, 0.05) is 19.5 Å². The van der Waals surface area contributed by atoms with E-state index in [1.54, 1.807) is 36.4 Å². The minimum Gasteiger partial charge on any atom is -0.493 e. The third-order valence-corrected chi connectivity index (χ3v) is 7.92. The van der Waals surface area contributed by atoms with E-state index >= 15 is 0 Å². The van der Waals surface area contributed by atoms with Crippen molar-refractivity contribution in [3.63, 3.8) is 0 Å². The van der Waals surface area contributed by atoms with Gasteiger partial charge in [0.2, 0.25) is 23.6 Å². The highest BCUT2D eigenvalue weighted by Gasteiger charge is 2.31. The Labute approximate surface area is 285 Å². The van der Waals surface area contributed by atoms with Crippen LogP contribution in [-0.2, 0) is 32.0 Å². The lowest BCUT2D eigenvalue weighted by atomic mass is 10.0. The summed E-state index contributed by atoms with van der Waals surface area (Å²) in [5.41, 5.74) is 1.80. The van der Waals surface area contributed by atoms with Crippen LogP contribution >= 0.6 is 0 Å². The number of para-hydroxylation sites is 1. The minimum atomic E-state index is -1.30. The molecule has 0 saturated heterocycles. The summed E-state index contributed by atoms with van der Waals surface area (Å²) in [7, 11) is 0. The molecule has 0 bridgehead atoms. The van der Waals surface area contributed by atoms with E-state index in [2.05, 4.69) is 26.6 Å². The predicted molar refractivity (Wildman–Crippen MR) is 182 cm³/mol. The molecule has 0 unspecified atom stereocenters. The molecule has 3 aromatic rings. The van der Waals surface area contributed by atoms with Gasteiger partial charge in [-0.2, -0.15) is 0 Å². The van der Waals surface area contributed by atoms with Crippen LogP contribution in [0.5, 0.6) is 5.75 Å². The lowest BCUT2D eigenvalue weighted by Gasteiger charge is -2.25. The first-order valence-corrected chi connectivity index (χ1v) is 16.5. The fourth-order valence-electron chi connectivity index (χ4n) is 5.39. The third-order valence-electron chi connectivity index (χ3n) is 7.92. The largest absolute Gasteiger partial charge is 0.493 e. The summed E-state index contributed by atoms with van der Waals surface area (Å²) in [6, 6.07) is 18.5. The van der Waals surface area contributed by atoms with Crippen molar-refractivity contribution in [2.75, 3.05) is 19.7 Å². The molecular formula is C37H44FN5O6. The number of ether oxygens (including phenoxy) is 1. The van der Waals surface area contributed by atoms with E-state index in [1.807, 2.05) is 44.2 Å². The smallest absolute Gasteiger partial charge is 0.255 e. The Hall–Kier alpha value is -5.26. The molecule has 5 N–H and O–H groups in total. The molecule has 0 spiro atoms. The summed E-state index contributed by atoms with van der Waals surface area (Å²) < 4.78 is 19.2. The molecule has 3 aromatic carbocycles. The molecular weight excluding hydrogens is 629 g/mol. The second-order valence-electron chi connectivity index (χ2n) is 12.4. The fraction of sp³-hybridized carbons (Fsp3) is 0.378. The molecule has 11 nitrogen and oxygen atoms in total. The number of benzene rings is 3. The summed E-state index contributed by atoms with van der Waals surface area (Å²) in [5, 5.41) is 13.8. The van der Waals surface area contributed by atoms with E-state index in [9.17, 15) is 28.4 Å². The number of hydrogen-bond donors (Lipinski definition) is 5. The molecule has 4 rings (SSSR count). The van der Waals surface area contributed by atoms with Crippen LogP contribution in [0.4, 0.5) is 4.39 Å². The summed E-state index contributed by atoms with van der Waals surface area (Å²) in [4.78, 5) is 67.4. The van der Waals surface area contributed by atoms with Gasteiger partial charge in [0.25, 0.3) is 5.91 Å². The first-order chi connectivity index (χ1) is 23.6. The molecule has 0 aliphatic carbocycles. The van der Waals surface area contributed by atoms with Gasteiger partial charge >= 0.3 is 0 Å². The lowest BCUT2D eigenvalue weighted by molar-refractivity contribution is -0.133. The Kier molecular flexibility index (Phi) is 13.7. The highest BCUT2D eigenvalue weighted by atomic mass is 19.1. The highest BCUT2D eigenvalue weighted by Crippen LogP contribution is 2.19. The van der Waals surface area contributed by atoms with Crippen LogP contribution < -0.4 is 31.3 Å². The first-order valence-electron chi connectivity index (χ1n) is 16.5. The van der Waals surface area contributed by atoms with Gasteiger partial charge in [0.05, 0.1) is 18.6 Å². The molecule has 0 fully saturated rings. The summed E-state index contributed by atoms with van der Waals surface area (Å²) in [6.45, 7) is 4.39. The number of rotatable bonds is 8. The number of fused-ring (bicyclic) bond motifs is 1. The van der Waals surface area contributed by atoms with E-state index < -0.39 is 48.2 Å². The number of halogens is 1. The van der Waals surface area contributed by atoms with Crippen LogP contribution in [0.25, 0.3) is 0 Å². The Bertz CT molecular complexity index is 1580. The van der Waals surface area contributed by atoms with Gasteiger partial charge in [-0.3, -0.25) is 24.0 Å². The van der Waals surface area contributed by atoms with E-state index in [0.717, 1.165) is 11.1 Å². The Morgan fingerprint density at radius 1 is 0.857 bits per heavy atom. The minimum absolute atomic E-state index is 0.00271. The zero-order valence-electron chi connectivity index (χ0n) is 27.8. The quantitative estimate of drug-likeness (QED) is 0.248. The molecule has 49 heavy (non-hydrogen) atoms. The average molecular weight is 674 g/mol. The van der Waals surface area contributed by atoms with Gasteiger partial charge in [-0.05, 0) is 60.6 Å². The predicted octanol–water partition coefficient (Wildman–Crippen LogP) is 2.83. The van der Waals surface area contributed by atoms with Crippen LogP contribution in [0.3, 0.4) is 0 Å². The molecule has 3 atom stereocenters. The molecule has 0 aromatic heterocycles. The summed E-state index contributed by atoms with van der Waals surface area (Å²) >= 11 is 0. The van der Waals surface area contributed by atoms with Crippen LogP contribution in [0.15, 0.2) is 78.9 Å². The maximum atomic E-state index is 13.6. The molecule has 12 heteroatoms. The lowest BCUT2D eigenvalue weighted by Crippen LogP contribution is -2.56. The van der Waals surface area contributed by atoms with Crippen molar-refractivity contribution < 1.29 is 33.1 Å². The second kappa shape index (κ2) is 18.3. The van der Waals surface area contributed by atoms with Crippen LogP contribution in [0.1, 0.15) is 54.6 Å². The van der Waals surface area contributed by atoms with Crippen molar-refractivity contribution in [1.29, 1.82) is 0 Å². The number of carbonyl (C=O) groups excluding carboxylic acids is 5. The van der Waals surface area contributed by atoms with E-state index in [4.69, 9.17) is 4.74 Å². The van der Waals surface area contributed by atoms with Crippen molar-refractivity contribution in [1.82, 2.24) is 26.6 Å². The van der Waals surface area contributed by atoms with Gasteiger partial charge in [-0.25, -0.2) is 4.39 Å². The van der Waals surface area contributed by atoms with E-state index in [-0.39, 0.29) is 61.5 Å². The summed E-state index contributed by atoms with van der Waals surface area (Å²) in [6.07, 6.45) is 0.843. The molecule has 260 valence electrons. The maximum absolute atomic E-state index is 13.6. The zero-order chi connectivity index (χ0) is 35.2. The number of hydrogen-bond acceptors (Lipinski definition) is 6. The van der Waals surface area contributed by atoms with Gasteiger partial charge in [0.15, 0.2) is 0 Å². The van der Waals surface area contributed by atoms with Crippen molar-refractivity contribution in [2.24, 2.45) is 5.92 Å². The average Bonchev–Trinajstić information content (AvgIpc) is 3.08. The molecule has 1 aliphatic heterocycles. The van der Waals surface area contributed by atoms with Gasteiger partial charge in [-0.15, -0.1) is 0 Å². The number of carbonyl (C=O) groups is 5. The van der Waals surface area contributed by atoms with Crippen LogP contribution in [0.2, 0.25) is 0 Å². The Morgan fingerprint density at radius 2 is 1.57 bits per heavy atom. The molecule has 0 saturated carbocycles. The van der Waals surface area contributed by atoms with Crippen molar-refractivity contribution >= 4 is 29.5 Å². The first kappa shape index (κ1) is 36.6.